The number of hydrogen-bond acceptors (Lipinski definition) is 4. The van der Waals surface area contributed by atoms with Gasteiger partial charge in [0.2, 0.25) is 5.91 Å². The molecule has 1 fully saturated rings. The molecule has 1 aliphatic rings. The Hall–Kier alpha value is -1.76. The van der Waals surface area contributed by atoms with Crippen molar-refractivity contribution in [3.05, 3.63) is 32.3 Å². The van der Waals surface area contributed by atoms with E-state index < -0.39 is 10.8 Å². The lowest BCUT2D eigenvalue weighted by Crippen LogP contribution is -2.44. The Balaban J connectivity index is 2.53. The molecule has 7 heteroatoms. The number of amides is 1. The highest BCUT2D eigenvalue weighted by Crippen LogP contribution is 2.39. The van der Waals surface area contributed by atoms with Crippen LogP contribution in [0.2, 0.25) is 0 Å². The van der Waals surface area contributed by atoms with Crippen LogP contribution in [-0.4, -0.2) is 23.2 Å². The van der Waals surface area contributed by atoms with Crippen LogP contribution in [0.25, 0.3) is 0 Å². The molecule has 0 saturated carbocycles. The molecular weight excluding hydrogens is 340 g/mol. The van der Waals surface area contributed by atoms with Gasteiger partial charge in [-0.05, 0) is 54.2 Å². The molecule has 1 atom stereocenters. The van der Waals surface area contributed by atoms with Crippen molar-refractivity contribution < 1.29 is 14.5 Å². The van der Waals surface area contributed by atoms with Gasteiger partial charge in [0.1, 0.15) is 11.5 Å². The number of nitrogens with zero attached hydrogens (tertiary/aromatic N) is 2. The molecule has 112 valence electrons. The minimum Gasteiger partial charge on any atom is -0.305 e. The molecule has 0 N–H and O–H groups in total. The summed E-state index contributed by atoms with van der Waals surface area (Å²) in [7, 11) is 0. The van der Waals surface area contributed by atoms with Gasteiger partial charge in [-0.2, -0.15) is 0 Å². The summed E-state index contributed by atoms with van der Waals surface area (Å²) in [6.07, 6.45) is 1.15. The number of hydrogen-bond donors (Lipinski definition) is 0. The number of nitro benzene ring substituents is 1. The zero-order chi connectivity index (χ0) is 15.7. The number of aryl methyl sites for hydroxylation is 1. The monoisotopic (exact) mass is 354 g/mol. The summed E-state index contributed by atoms with van der Waals surface area (Å²) >= 11 is 3.30. The Bertz CT molecular complexity index is 630. The summed E-state index contributed by atoms with van der Waals surface area (Å²) in [5.74, 6) is -1.26. The summed E-state index contributed by atoms with van der Waals surface area (Å²) in [4.78, 5) is 36.1. The number of rotatable bonds is 3. The number of benzene rings is 1. The van der Waals surface area contributed by atoms with Gasteiger partial charge in [0.15, 0.2) is 0 Å². The lowest BCUT2D eigenvalue weighted by molar-refractivity contribution is -0.384. The van der Waals surface area contributed by atoms with Gasteiger partial charge in [-0.1, -0.05) is 0 Å². The Labute approximate surface area is 130 Å². The van der Waals surface area contributed by atoms with Crippen molar-refractivity contribution in [3.8, 4) is 0 Å². The maximum absolute atomic E-state index is 12.4. The van der Waals surface area contributed by atoms with Crippen LogP contribution >= 0.6 is 15.9 Å². The minimum absolute atomic E-state index is 0.126. The molecule has 1 heterocycles. The van der Waals surface area contributed by atoms with Gasteiger partial charge in [0.05, 0.1) is 10.8 Å². The van der Waals surface area contributed by atoms with Crippen LogP contribution in [-0.2, 0) is 9.59 Å². The number of nitro groups is 1. The van der Waals surface area contributed by atoms with Gasteiger partial charge in [-0.25, -0.2) is 0 Å². The second-order valence-electron chi connectivity index (χ2n) is 5.17. The highest BCUT2D eigenvalue weighted by Gasteiger charge is 2.36. The first-order valence-electron chi connectivity index (χ1n) is 6.59. The van der Waals surface area contributed by atoms with E-state index in [4.69, 9.17) is 0 Å². The molecule has 1 aliphatic heterocycles. The standard InChI is InChI=1S/C14H15BrN2O4/c1-8-6-11(15)13(12(7-8)17(20)21)16-5-3-4-10(9(2)18)14(16)19/h6-7,10H,3-5H2,1-2H3. The average molecular weight is 355 g/mol. The molecular formula is C14H15BrN2O4. The molecule has 2 rings (SSSR count). The predicted octanol–water partition coefficient (Wildman–Crippen LogP) is 3.00. The van der Waals surface area contributed by atoms with E-state index in [9.17, 15) is 19.7 Å². The van der Waals surface area contributed by atoms with Crippen molar-refractivity contribution in [1.82, 2.24) is 0 Å². The van der Waals surface area contributed by atoms with E-state index in [0.29, 0.717) is 23.9 Å². The van der Waals surface area contributed by atoms with Crippen molar-refractivity contribution in [2.45, 2.75) is 26.7 Å². The number of anilines is 1. The van der Waals surface area contributed by atoms with Gasteiger partial charge in [-0.15, -0.1) is 0 Å². The van der Waals surface area contributed by atoms with E-state index in [1.54, 1.807) is 13.0 Å². The quantitative estimate of drug-likeness (QED) is 0.474. The zero-order valence-corrected chi connectivity index (χ0v) is 13.3. The first-order valence-corrected chi connectivity index (χ1v) is 7.38. The van der Waals surface area contributed by atoms with Crippen molar-refractivity contribution in [3.63, 3.8) is 0 Å². The third-order valence-corrected chi connectivity index (χ3v) is 4.19. The third kappa shape index (κ3) is 2.97. The number of piperidine rings is 1. The Kier molecular flexibility index (Phi) is 4.41. The second kappa shape index (κ2) is 5.93. The van der Waals surface area contributed by atoms with Crippen LogP contribution in [0.4, 0.5) is 11.4 Å². The lowest BCUT2D eigenvalue weighted by Gasteiger charge is -2.31. The molecule has 1 saturated heterocycles. The molecule has 1 unspecified atom stereocenters. The van der Waals surface area contributed by atoms with Crippen molar-refractivity contribution in [2.24, 2.45) is 5.92 Å². The minimum atomic E-state index is -0.702. The molecule has 0 spiro atoms. The molecule has 21 heavy (non-hydrogen) atoms. The fourth-order valence-electron chi connectivity index (χ4n) is 2.60. The average Bonchev–Trinajstić information content (AvgIpc) is 2.38. The number of ketones is 1. The van der Waals surface area contributed by atoms with Crippen molar-refractivity contribution >= 4 is 39.0 Å². The first-order chi connectivity index (χ1) is 9.82. The molecule has 0 aromatic heterocycles. The maximum Gasteiger partial charge on any atom is 0.294 e. The van der Waals surface area contributed by atoms with Gasteiger partial charge in [-0.3, -0.25) is 19.7 Å². The Morgan fingerprint density at radius 3 is 2.71 bits per heavy atom. The zero-order valence-electron chi connectivity index (χ0n) is 11.8. The summed E-state index contributed by atoms with van der Waals surface area (Å²) in [5, 5.41) is 11.3. The van der Waals surface area contributed by atoms with Crippen LogP contribution in [0.15, 0.2) is 16.6 Å². The Morgan fingerprint density at radius 2 is 2.14 bits per heavy atom. The fourth-order valence-corrected chi connectivity index (χ4v) is 3.38. The normalized spacial score (nSPS) is 18.7. The van der Waals surface area contributed by atoms with Crippen LogP contribution in [0.3, 0.4) is 0 Å². The van der Waals surface area contributed by atoms with E-state index in [1.165, 1.54) is 17.9 Å². The Morgan fingerprint density at radius 1 is 1.48 bits per heavy atom. The van der Waals surface area contributed by atoms with Gasteiger partial charge < -0.3 is 4.90 Å². The van der Waals surface area contributed by atoms with E-state index in [2.05, 4.69) is 15.9 Å². The van der Waals surface area contributed by atoms with Gasteiger partial charge in [0.25, 0.3) is 5.69 Å². The van der Waals surface area contributed by atoms with Gasteiger partial charge >= 0.3 is 0 Å². The number of carbonyl (C=O) groups excluding carboxylic acids is 2. The summed E-state index contributed by atoms with van der Waals surface area (Å²) in [5.41, 5.74) is 0.839. The molecule has 1 aromatic carbocycles. The molecule has 0 radical (unpaired) electrons. The van der Waals surface area contributed by atoms with Crippen LogP contribution in [0.1, 0.15) is 25.3 Å². The fraction of sp³-hybridized carbons (Fsp3) is 0.429. The van der Waals surface area contributed by atoms with Crippen LogP contribution in [0, 0.1) is 23.0 Å². The molecule has 1 aromatic rings. The van der Waals surface area contributed by atoms with E-state index in [1.807, 2.05) is 0 Å². The SMILES string of the molecule is CC(=O)C1CCCN(c2c(Br)cc(C)cc2[N+](=O)[O-])C1=O. The molecule has 0 aliphatic carbocycles. The summed E-state index contributed by atoms with van der Waals surface area (Å²) in [6, 6.07) is 3.16. The van der Waals surface area contributed by atoms with E-state index in [0.717, 1.165) is 5.56 Å². The molecule has 0 bridgehead atoms. The highest BCUT2D eigenvalue weighted by molar-refractivity contribution is 9.10. The maximum atomic E-state index is 12.4. The van der Waals surface area contributed by atoms with E-state index >= 15 is 0 Å². The summed E-state index contributed by atoms with van der Waals surface area (Å²) < 4.78 is 0.492. The van der Waals surface area contributed by atoms with Crippen molar-refractivity contribution in [1.29, 1.82) is 0 Å². The van der Waals surface area contributed by atoms with Crippen molar-refractivity contribution in [2.75, 3.05) is 11.4 Å². The predicted molar refractivity (Wildman–Crippen MR) is 81.3 cm³/mol. The first kappa shape index (κ1) is 15.6. The second-order valence-corrected chi connectivity index (χ2v) is 6.02. The van der Waals surface area contributed by atoms with Gasteiger partial charge in [0, 0.05) is 17.1 Å². The molecule has 6 nitrogen and oxygen atoms in total. The van der Waals surface area contributed by atoms with E-state index in [-0.39, 0.29) is 23.1 Å². The third-order valence-electron chi connectivity index (χ3n) is 3.58. The number of halogens is 1. The number of carbonyl (C=O) groups is 2. The largest absolute Gasteiger partial charge is 0.305 e. The molecule has 1 amide bonds. The lowest BCUT2D eigenvalue weighted by atomic mass is 9.93. The van der Waals surface area contributed by atoms with Crippen LogP contribution in [0.5, 0.6) is 0 Å². The summed E-state index contributed by atoms with van der Waals surface area (Å²) in [6.45, 7) is 3.51. The topological polar surface area (TPSA) is 80.5 Å². The van der Waals surface area contributed by atoms with Crippen LogP contribution < -0.4 is 4.90 Å². The highest BCUT2D eigenvalue weighted by atomic mass is 79.9. The smallest absolute Gasteiger partial charge is 0.294 e. The number of Topliss-reactive ketones (excluding diaryl/α,β-unsaturated/α-hetero) is 1.